The third-order valence-corrected chi connectivity index (χ3v) is 2.96. The standard InChI is InChI=1S/C10H17Br/c11-10-8-6-4-2-1-3-5-7-9-10/h6,8,10H,1-5,7,9H2. The maximum atomic E-state index is 3.65. The first-order chi connectivity index (χ1) is 5.39. The molecule has 0 saturated heterocycles. The average Bonchev–Trinajstić information content (AvgIpc) is 2.03. The molecule has 0 heterocycles. The summed E-state index contributed by atoms with van der Waals surface area (Å²) in [6, 6.07) is 0. The maximum Gasteiger partial charge on any atom is 0.0325 e. The van der Waals surface area contributed by atoms with E-state index in [0.29, 0.717) is 4.83 Å². The van der Waals surface area contributed by atoms with Gasteiger partial charge in [-0.05, 0) is 19.3 Å². The predicted molar refractivity (Wildman–Crippen MR) is 54.2 cm³/mol. The van der Waals surface area contributed by atoms with Gasteiger partial charge in [0.2, 0.25) is 0 Å². The van der Waals surface area contributed by atoms with Gasteiger partial charge >= 0.3 is 0 Å². The minimum Gasteiger partial charge on any atom is -0.0874 e. The smallest absolute Gasteiger partial charge is 0.0325 e. The Kier molecular flexibility index (Phi) is 4.92. The van der Waals surface area contributed by atoms with Crippen molar-refractivity contribution in [3.05, 3.63) is 12.2 Å². The van der Waals surface area contributed by atoms with E-state index in [4.69, 9.17) is 0 Å². The first-order valence-electron chi connectivity index (χ1n) is 4.70. The molecular formula is C10H17Br. The molecule has 0 radical (unpaired) electrons. The summed E-state index contributed by atoms with van der Waals surface area (Å²) in [6.07, 6.45) is 14.3. The molecule has 0 aromatic rings. The Morgan fingerprint density at radius 2 is 1.73 bits per heavy atom. The van der Waals surface area contributed by atoms with Crippen LogP contribution in [0.3, 0.4) is 0 Å². The minimum absolute atomic E-state index is 0.639. The second-order valence-electron chi connectivity index (χ2n) is 3.29. The molecule has 11 heavy (non-hydrogen) atoms. The van der Waals surface area contributed by atoms with E-state index in [1.54, 1.807) is 0 Å². The van der Waals surface area contributed by atoms with Crippen LogP contribution in [0.2, 0.25) is 0 Å². The highest BCUT2D eigenvalue weighted by atomic mass is 79.9. The summed E-state index contributed by atoms with van der Waals surface area (Å²) in [6.45, 7) is 0. The number of hydrogen-bond acceptors (Lipinski definition) is 0. The first-order valence-corrected chi connectivity index (χ1v) is 5.62. The molecule has 0 bridgehead atoms. The molecule has 1 unspecified atom stereocenters. The Bertz CT molecular complexity index is 118. The van der Waals surface area contributed by atoms with Gasteiger partial charge in [0.1, 0.15) is 0 Å². The Hall–Kier alpha value is 0.220. The van der Waals surface area contributed by atoms with Crippen molar-refractivity contribution >= 4 is 15.9 Å². The molecule has 0 fully saturated rings. The Balaban J connectivity index is 2.26. The van der Waals surface area contributed by atoms with Crippen molar-refractivity contribution in [2.75, 3.05) is 0 Å². The maximum absolute atomic E-state index is 3.65. The van der Waals surface area contributed by atoms with Crippen molar-refractivity contribution in [3.8, 4) is 0 Å². The SMILES string of the molecule is BrC1C=CCCCCCCC1. The van der Waals surface area contributed by atoms with Gasteiger partial charge in [-0.2, -0.15) is 0 Å². The lowest BCUT2D eigenvalue weighted by Gasteiger charge is -2.06. The van der Waals surface area contributed by atoms with Crippen LogP contribution in [-0.4, -0.2) is 4.83 Å². The van der Waals surface area contributed by atoms with Gasteiger partial charge in [-0.3, -0.25) is 0 Å². The van der Waals surface area contributed by atoms with Crippen molar-refractivity contribution < 1.29 is 0 Å². The normalized spacial score (nSPS) is 28.3. The Morgan fingerprint density at radius 3 is 2.64 bits per heavy atom. The van der Waals surface area contributed by atoms with Crippen molar-refractivity contribution in [2.45, 2.75) is 49.8 Å². The van der Waals surface area contributed by atoms with Gasteiger partial charge in [-0.15, -0.1) is 0 Å². The summed E-state index contributed by atoms with van der Waals surface area (Å²) < 4.78 is 0. The van der Waals surface area contributed by atoms with Crippen LogP contribution >= 0.6 is 15.9 Å². The molecule has 1 aliphatic carbocycles. The van der Waals surface area contributed by atoms with Crippen LogP contribution < -0.4 is 0 Å². The molecule has 0 saturated carbocycles. The number of hydrogen-bond donors (Lipinski definition) is 0. The fraction of sp³-hybridized carbons (Fsp3) is 0.800. The summed E-state index contributed by atoms with van der Waals surface area (Å²) in [5.41, 5.74) is 0. The molecule has 1 aliphatic rings. The van der Waals surface area contributed by atoms with Gasteiger partial charge in [-0.25, -0.2) is 0 Å². The highest BCUT2D eigenvalue weighted by molar-refractivity contribution is 9.09. The molecule has 1 heteroatoms. The fourth-order valence-electron chi connectivity index (χ4n) is 1.47. The zero-order valence-electron chi connectivity index (χ0n) is 7.06. The molecule has 0 aromatic carbocycles. The summed E-state index contributed by atoms with van der Waals surface area (Å²) in [5.74, 6) is 0. The Labute approximate surface area is 78.2 Å². The number of halogens is 1. The molecule has 64 valence electrons. The van der Waals surface area contributed by atoms with Gasteiger partial charge < -0.3 is 0 Å². The topological polar surface area (TPSA) is 0 Å². The van der Waals surface area contributed by atoms with Crippen LogP contribution in [0, 0.1) is 0 Å². The highest BCUT2D eigenvalue weighted by Gasteiger charge is 2.00. The van der Waals surface area contributed by atoms with E-state index in [-0.39, 0.29) is 0 Å². The minimum atomic E-state index is 0.639. The largest absolute Gasteiger partial charge is 0.0874 e. The molecule has 0 aromatic heterocycles. The number of rotatable bonds is 0. The zero-order valence-corrected chi connectivity index (χ0v) is 8.65. The van der Waals surface area contributed by atoms with E-state index < -0.39 is 0 Å². The third-order valence-electron chi connectivity index (χ3n) is 2.20. The van der Waals surface area contributed by atoms with Gasteiger partial charge in [0.05, 0.1) is 0 Å². The monoisotopic (exact) mass is 216 g/mol. The van der Waals surface area contributed by atoms with E-state index >= 15 is 0 Å². The first kappa shape index (κ1) is 9.31. The molecule has 0 N–H and O–H groups in total. The molecular weight excluding hydrogens is 200 g/mol. The van der Waals surface area contributed by atoms with Crippen molar-refractivity contribution in [2.24, 2.45) is 0 Å². The van der Waals surface area contributed by atoms with E-state index in [0.717, 1.165) is 0 Å². The lowest BCUT2D eigenvalue weighted by atomic mass is 10.1. The van der Waals surface area contributed by atoms with Crippen LogP contribution in [0.25, 0.3) is 0 Å². The van der Waals surface area contributed by atoms with Crippen LogP contribution in [-0.2, 0) is 0 Å². The van der Waals surface area contributed by atoms with Gasteiger partial charge in [-0.1, -0.05) is 53.8 Å². The van der Waals surface area contributed by atoms with Gasteiger partial charge in [0.25, 0.3) is 0 Å². The molecule has 0 amide bonds. The highest BCUT2D eigenvalue weighted by Crippen LogP contribution is 2.16. The molecule has 1 atom stereocenters. The lowest BCUT2D eigenvalue weighted by Crippen LogP contribution is -1.93. The van der Waals surface area contributed by atoms with Crippen LogP contribution in [0.1, 0.15) is 44.9 Å². The fourth-order valence-corrected chi connectivity index (χ4v) is 2.01. The molecule has 0 nitrogen and oxygen atoms in total. The summed E-state index contributed by atoms with van der Waals surface area (Å²) in [4.78, 5) is 0.639. The van der Waals surface area contributed by atoms with E-state index in [1.165, 1.54) is 44.9 Å². The van der Waals surface area contributed by atoms with Crippen molar-refractivity contribution in [3.63, 3.8) is 0 Å². The summed E-state index contributed by atoms with van der Waals surface area (Å²) in [5, 5.41) is 0. The second kappa shape index (κ2) is 5.82. The predicted octanol–water partition coefficient (Wildman–Crippen LogP) is 4.05. The van der Waals surface area contributed by atoms with Crippen molar-refractivity contribution in [1.29, 1.82) is 0 Å². The van der Waals surface area contributed by atoms with Crippen LogP contribution in [0.15, 0.2) is 12.2 Å². The van der Waals surface area contributed by atoms with Crippen molar-refractivity contribution in [1.82, 2.24) is 0 Å². The summed E-state index contributed by atoms with van der Waals surface area (Å²) in [7, 11) is 0. The quantitative estimate of drug-likeness (QED) is 0.424. The van der Waals surface area contributed by atoms with Crippen LogP contribution in [0.4, 0.5) is 0 Å². The Morgan fingerprint density at radius 1 is 1.00 bits per heavy atom. The molecule has 1 rings (SSSR count). The average molecular weight is 217 g/mol. The number of allylic oxidation sites excluding steroid dienone is 2. The lowest BCUT2D eigenvalue weighted by molar-refractivity contribution is 0.597. The molecule has 0 aliphatic heterocycles. The van der Waals surface area contributed by atoms with E-state index in [1.807, 2.05) is 0 Å². The van der Waals surface area contributed by atoms with Crippen LogP contribution in [0.5, 0.6) is 0 Å². The number of alkyl halides is 1. The second-order valence-corrected chi connectivity index (χ2v) is 4.47. The van der Waals surface area contributed by atoms with Gasteiger partial charge in [0, 0.05) is 4.83 Å². The summed E-state index contributed by atoms with van der Waals surface area (Å²) >= 11 is 3.65. The molecule has 0 spiro atoms. The zero-order chi connectivity index (χ0) is 7.94. The van der Waals surface area contributed by atoms with Gasteiger partial charge in [0.15, 0.2) is 0 Å². The third kappa shape index (κ3) is 4.62. The van der Waals surface area contributed by atoms with E-state index in [2.05, 4.69) is 28.1 Å². The van der Waals surface area contributed by atoms with E-state index in [9.17, 15) is 0 Å².